The van der Waals surface area contributed by atoms with Crippen LogP contribution in [0.1, 0.15) is 17.3 Å². The number of esters is 1. The minimum Gasteiger partial charge on any atom is -0.452 e. The van der Waals surface area contributed by atoms with Gasteiger partial charge in [-0.25, -0.2) is 14.0 Å². The van der Waals surface area contributed by atoms with Gasteiger partial charge in [0.25, 0.3) is 5.91 Å². The molecule has 0 aromatic heterocycles. The number of ether oxygens (including phenoxy) is 2. The average molecular weight is 360 g/mol. The zero-order valence-electron chi connectivity index (χ0n) is 14.0. The first-order chi connectivity index (χ1) is 12.5. The lowest BCUT2D eigenvalue weighted by atomic mass is 10.2. The maximum Gasteiger partial charge on any atom is 0.411 e. The third kappa shape index (κ3) is 5.90. The minimum atomic E-state index is -0.730. The molecule has 0 atom stereocenters. The van der Waals surface area contributed by atoms with Crippen LogP contribution >= 0.6 is 0 Å². The van der Waals surface area contributed by atoms with Crippen molar-refractivity contribution in [2.45, 2.75) is 6.92 Å². The van der Waals surface area contributed by atoms with E-state index in [0.717, 1.165) is 0 Å². The summed E-state index contributed by atoms with van der Waals surface area (Å²) >= 11 is 0. The Hall–Kier alpha value is -3.42. The first-order valence-electron chi connectivity index (χ1n) is 7.74. The Morgan fingerprint density at radius 2 is 1.69 bits per heavy atom. The van der Waals surface area contributed by atoms with E-state index in [1.54, 1.807) is 19.1 Å². The summed E-state index contributed by atoms with van der Waals surface area (Å²) in [6.07, 6.45) is -0.642. The smallest absolute Gasteiger partial charge is 0.411 e. The van der Waals surface area contributed by atoms with Crippen molar-refractivity contribution >= 4 is 29.3 Å². The third-order valence-electron chi connectivity index (χ3n) is 3.08. The second-order valence-corrected chi connectivity index (χ2v) is 5.06. The molecule has 0 spiro atoms. The van der Waals surface area contributed by atoms with Gasteiger partial charge in [-0.1, -0.05) is 6.07 Å². The molecule has 2 amide bonds. The Kier molecular flexibility index (Phi) is 6.67. The maximum atomic E-state index is 12.8. The highest BCUT2D eigenvalue weighted by atomic mass is 19.1. The summed E-state index contributed by atoms with van der Waals surface area (Å²) in [6.45, 7) is 1.38. The van der Waals surface area contributed by atoms with Crippen LogP contribution in [0.25, 0.3) is 0 Å². The van der Waals surface area contributed by atoms with Crippen LogP contribution in [0.3, 0.4) is 0 Å². The van der Waals surface area contributed by atoms with E-state index in [1.165, 1.54) is 36.4 Å². The van der Waals surface area contributed by atoms with E-state index in [-0.39, 0.29) is 12.2 Å². The second kappa shape index (κ2) is 9.16. The van der Waals surface area contributed by atoms with E-state index in [2.05, 4.69) is 10.6 Å². The number of amides is 2. The Balaban J connectivity index is 1.88. The summed E-state index contributed by atoms with van der Waals surface area (Å²) in [4.78, 5) is 35.2. The molecule has 2 rings (SSSR count). The molecule has 0 radical (unpaired) electrons. The molecule has 0 bridgehead atoms. The lowest BCUT2D eigenvalue weighted by Gasteiger charge is -2.08. The van der Waals surface area contributed by atoms with Gasteiger partial charge in [-0.15, -0.1) is 0 Å². The van der Waals surface area contributed by atoms with E-state index < -0.39 is 30.4 Å². The molecule has 2 N–H and O–H groups in total. The standard InChI is InChI=1S/C18H17FN2O5/c1-2-25-18(24)21-15-5-3-4-12(10-15)17(23)26-11-16(22)20-14-8-6-13(19)7-9-14/h3-10H,2,11H2,1H3,(H,20,22)(H,21,24). The SMILES string of the molecule is CCOC(=O)Nc1cccc(C(=O)OCC(=O)Nc2ccc(F)cc2)c1. The molecule has 0 heterocycles. The molecule has 0 aliphatic carbocycles. The molecule has 2 aromatic carbocycles. The van der Waals surface area contributed by atoms with E-state index in [1.807, 2.05) is 0 Å². The topological polar surface area (TPSA) is 93.7 Å². The number of halogens is 1. The fourth-order valence-electron chi connectivity index (χ4n) is 1.95. The van der Waals surface area contributed by atoms with Crippen LogP contribution in [0.15, 0.2) is 48.5 Å². The molecule has 136 valence electrons. The molecule has 7 nitrogen and oxygen atoms in total. The molecule has 0 saturated heterocycles. The van der Waals surface area contributed by atoms with Crippen LogP contribution in [0.4, 0.5) is 20.6 Å². The largest absolute Gasteiger partial charge is 0.452 e. The van der Waals surface area contributed by atoms with Crippen LogP contribution in [0.2, 0.25) is 0 Å². The number of carbonyl (C=O) groups is 3. The highest BCUT2D eigenvalue weighted by Gasteiger charge is 2.12. The summed E-state index contributed by atoms with van der Waals surface area (Å²) in [6, 6.07) is 11.2. The van der Waals surface area contributed by atoms with Gasteiger partial charge in [0.2, 0.25) is 0 Å². The van der Waals surface area contributed by atoms with Crippen molar-refractivity contribution in [3.05, 3.63) is 59.9 Å². The molecule has 2 aromatic rings. The summed E-state index contributed by atoms with van der Waals surface area (Å²) in [5.74, 6) is -1.72. The summed E-state index contributed by atoms with van der Waals surface area (Å²) in [5.41, 5.74) is 0.899. The normalized spacial score (nSPS) is 9.92. The van der Waals surface area contributed by atoms with E-state index in [4.69, 9.17) is 9.47 Å². The summed E-state index contributed by atoms with van der Waals surface area (Å²) in [5, 5.41) is 4.93. The van der Waals surface area contributed by atoms with Crippen molar-refractivity contribution in [1.29, 1.82) is 0 Å². The van der Waals surface area contributed by atoms with Gasteiger partial charge < -0.3 is 14.8 Å². The monoisotopic (exact) mass is 360 g/mol. The third-order valence-corrected chi connectivity index (χ3v) is 3.08. The van der Waals surface area contributed by atoms with E-state index >= 15 is 0 Å². The molecule has 0 saturated carbocycles. The molecule has 0 fully saturated rings. The fourth-order valence-corrected chi connectivity index (χ4v) is 1.95. The van der Waals surface area contributed by atoms with E-state index in [0.29, 0.717) is 11.4 Å². The van der Waals surface area contributed by atoms with Gasteiger partial charge in [-0.3, -0.25) is 10.1 Å². The first kappa shape index (κ1) is 18.9. The summed E-state index contributed by atoms with van der Waals surface area (Å²) in [7, 11) is 0. The molecular formula is C18H17FN2O5. The van der Waals surface area contributed by atoms with Gasteiger partial charge in [-0.05, 0) is 49.4 Å². The number of anilines is 2. The van der Waals surface area contributed by atoms with Crippen molar-refractivity contribution < 1.29 is 28.2 Å². The Morgan fingerprint density at radius 1 is 0.962 bits per heavy atom. The van der Waals surface area contributed by atoms with Gasteiger partial charge in [-0.2, -0.15) is 0 Å². The number of rotatable bonds is 6. The molecule has 26 heavy (non-hydrogen) atoms. The zero-order valence-corrected chi connectivity index (χ0v) is 14.0. The van der Waals surface area contributed by atoms with Crippen molar-refractivity contribution in [1.82, 2.24) is 0 Å². The predicted molar refractivity (Wildman–Crippen MR) is 92.4 cm³/mol. The molecular weight excluding hydrogens is 343 g/mol. The van der Waals surface area contributed by atoms with Gasteiger partial charge in [0.05, 0.1) is 12.2 Å². The van der Waals surface area contributed by atoms with Crippen molar-refractivity contribution in [3.63, 3.8) is 0 Å². The molecule has 0 unspecified atom stereocenters. The number of carbonyl (C=O) groups excluding carboxylic acids is 3. The van der Waals surface area contributed by atoms with Crippen LogP contribution < -0.4 is 10.6 Å². The van der Waals surface area contributed by atoms with Crippen LogP contribution in [0, 0.1) is 5.82 Å². The zero-order chi connectivity index (χ0) is 18.9. The van der Waals surface area contributed by atoms with Crippen LogP contribution in [0.5, 0.6) is 0 Å². The summed E-state index contributed by atoms with van der Waals surface area (Å²) < 4.78 is 22.5. The quantitative estimate of drug-likeness (QED) is 0.772. The highest BCUT2D eigenvalue weighted by Crippen LogP contribution is 2.12. The molecule has 0 aliphatic rings. The number of benzene rings is 2. The number of nitrogens with one attached hydrogen (secondary N) is 2. The van der Waals surface area contributed by atoms with Crippen molar-refractivity contribution in [3.8, 4) is 0 Å². The molecule has 8 heteroatoms. The number of hydrogen-bond acceptors (Lipinski definition) is 5. The minimum absolute atomic E-state index is 0.161. The lowest BCUT2D eigenvalue weighted by molar-refractivity contribution is -0.119. The van der Waals surface area contributed by atoms with Gasteiger partial charge in [0.1, 0.15) is 5.82 Å². The van der Waals surface area contributed by atoms with Gasteiger partial charge >= 0.3 is 12.1 Å². The first-order valence-corrected chi connectivity index (χ1v) is 7.74. The van der Waals surface area contributed by atoms with Crippen LogP contribution in [-0.4, -0.2) is 31.2 Å². The van der Waals surface area contributed by atoms with Gasteiger partial charge in [0.15, 0.2) is 6.61 Å². The highest BCUT2D eigenvalue weighted by molar-refractivity contribution is 5.96. The fraction of sp³-hybridized carbons (Fsp3) is 0.167. The average Bonchev–Trinajstić information content (AvgIpc) is 2.62. The maximum absolute atomic E-state index is 12.8. The lowest BCUT2D eigenvalue weighted by Crippen LogP contribution is -2.21. The Bertz CT molecular complexity index is 792. The predicted octanol–water partition coefficient (Wildman–Crippen LogP) is 3.19. The number of hydrogen-bond donors (Lipinski definition) is 2. The molecule has 0 aliphatic heterocycles. The Labute approximate surface area is 149 Å². The Morgan fingerprint density at radius 3 is 2.38 bits per heavy atom. The van der Waals surface area contributed by atoms with E-state index in [9.17, 15) is 18.8 Å². The van der Waals surface area contributed by atoms with Crippen molar-refractivity contribution in [2.75, 3.05) is 23.8 Å². The van der Waals surface area contributed by atoms with Crippen molar-refractivity contribution in [2.24, 2.45) is 0 Å². The second-order valence-electron chi connectivity index (χ2n) is 5.06. The van der Waals surface area contributed by atoms with Gasteiger partial charge in [0, 0.05) is 11.4 Å². The van der Waals surface area contributed by atoms with Crippen LogP contribution in [-0.2, 0) is 14.3 Å².